The Hall–Kier alpha value is -1.11. The molecule has 0 radical (unpaired) electrons. The molecule has 1 rings (SSSR count). The van der Waals surface area contributed by atoms with Gasteiger partial charge >= 0.3 is 0 Å². The summed E-state index contributed by atoms with van der Waals surface area (Å²) in [6, 6.07) is 0.0614. The molecule has 0 saturated carbocycles. The molecular weight excluding hydrogens is 278 g/mol. The van der Waals surface area contributed by atoms with E-state index >= 15 is 0 Å². The third-order valence-corrected chi connectivity index (χ3v) is 3.51. The molecule has 0 aliphatic heterocycles. The second-order valence-electron chi connectivity index (χ2n) is 5.43. The van der Waals surface area contributed by atoms with Crippen LogP contribution >= 0.6 is 11.6 Å². The summed E-state index contributed by atoms with van der Waals surface area (Å²) in [5.41, 5.74) is 5.97. The van der Waals surface area contributed by atoms with Crippen molar-refractivity contribution in [2.75, 3.05) is 32.5 Å². The first-order chi connectivity index (χ1) is 9.36. The molecule has 0 aromatic carbocycles. The van der Waals surface area contributed by atoms with Gasteiger partial charge in [0.1, 0.15) is 5.02 Å². The van der Waals surface area contributed by atoms with Crippen molar-refractivity contribution < 1.29 is 0 Å². The van der Waals surface area contributed by atoms with Crippen LogP contribution < -0.4 is 16.6 Å². The molecule has 20 heavy (non-hydrogen) atoms. The van der Waals surface area contributed by atoms with E-state index in [0.717, 1.165) is 6.54 Å². The first-order valence-corrected chi connectivity index (χ1v) is 7.11. The molecule has 0 saturated heterocycles. The zero-order valence-electron chi connectivity index (χ0n) is 12.6. The van der Waals surface area contributed by atoms with Gasteiger partial charge in [-0.05, 0) is 20.0 Å². The molecule has 114 valence electrons. The highest BCUT2D eigenvalue weighted by Crippen LogP contribution is 2.18. The number of likely N-dealkylation sites (N-methyl/N-ethyl adjacent to an activating group) is 1. The van der Waals surface area contributed by atoms with E-state index < -0.39 is 0 Å². The molecular formula is C13H24ClN5O. The molecule has 0 bridgehead atoms. The molecule has 1 aromatic heterocycles. The summed E-state index contributed by atoms with van der Waals surface area (Å²) in [6.45, 7) is 5.83. The molecule has 6 nitrogen and oxygen atoms in total. The van der Waals surface area contributed by atoms with Gasteiger partial charge in [0.15, 0.2) is 0 Å². The quantitative estimate of drug-likeness (QED) is 0.781. The normalized spacial score (nSPS) is 13.0. The predicted octanol–water partition coefficient (Wildman–Crippen LogP) is 0.853. The minimum Gasteiger partial charge on any atom is -0.378 e. The Labute approximate surface area is 124 Å². The van der Waals surface area contributed by atoms with Gasteiger partial charge in [-0.1, -0.05) is 25.4 Å². The third kappa shape index (κ3) is 4.47. The van der Waals surface area contributed by atoms with Gasteiger partial charge in [-0.2, -0.15) is 5.10 Å². The molecule has 7 heteroatoms. The molecule has 0 aliphatic rings. The van der Waals surface area contributed by atoms with Crippen LogP contribution in [-0.2, 0) is 6.54 Å². The second-order valence-corrected chi connectivity index (χ2v) is 5.81. The van der Waals surface area contributed by atoms with E-state index in [2.05, 4.69) is 24.3 Å². The van der Waals surface area contributed by atoms with Crippen LogP contribution in [0, 0.1) is 5.92 Å². The van der Waals surface area contributed by atoms with Gasteiger partial charge < -0.3 is 16.0 Å². The summed E-state index contributed by atoms with van der Waals surface area (Å²) >= 11 is 6.13. The Kier molecular flexibility index (Phi) is 6.45. The van der Waals surface area contributed by atoms with E-state index in [9.17, 15) is 4.79 Å². The van der Waals surface area contributed by atoms with Crippen molar-refractivity contribution >= 4 is 17.3 Å². The molecule has 3 N–H and O–H groups in total. The highest BCUT2D eigenvalue weighted by atomic mass is 35.5. The average Bonchev–Trinajstić information content (AvgIpc) is 2.38. The number of anilines is 1. The number of hydrogen-bond acceptors (Lipinski definition) is 5. The Morgan fingerprint density at radius 1 is 1.50 bits per heavy atom. The van der Waals surface area contributed by atoms with Crippen molar-refractivity contribution in [3.05, 3.63) is 21.6 Å². The first kappa shape index (κ1) is 16.9. The van der Waals surface area contributed by atoms with E-state index in [1.165, 1.54) is 4.68 Å². The van der Waals surface area contributed by atoms with Crippen molar-refractivity contribution in [2.24, 2.45) is 11.7 Å². The lowest BCUT2D eigenvalue weighted by Gasteiger charge is -2.22. The molecule has 0 spiro atoms. The molecule has 0 amide bonds. The zero-order valence-corrected chi connectivity index (χ0v) is 13.3. The lowest BCUT2D eigenvalue weighted by atomic mass is 10.0. The summed E-state index contributed by atoms with van der Waals surface area (Å²) in [4.78, 5) is 14.1. The van der Waals surface area contributed by atoms with Crippen LogP contribution in [0.15, 0.2) is 11.0 Å². The van der Waals surface area contributed by atoms with Crippen LogP contribution in [0.3, 0.4) is 0 Å². The number of hydrogen-bond donors (Lipinski definition) is 2. The zero-order chi connectivity index (χ0) is 15.3. The highest BCUT2D eigenvalue weighted by molar-refractivity contribution is 6.32. The van der Waals surface area contributed by atoms with Crippen LogP contribution in [0.1, 0.15) is 13.8 Å². The number of nitrogens with zero attached hydrogens (tertiary/aromatic N) is 3. The number of aromatic nitrogens is 2. The van der Waals surface area contributed by atoms with Gasteiger partial charge in [-0.15, -0.1) is 0 Å². The molecule has 1 atom stereocenters. The van der Waals surface area contributed by atoms with Crippen LogP contribution in [0.5, 0.6) is 0 Å². The summed E-state index contributed by atoms with van der Waals surface area (Å²) in [7, 11) is 3.88. The fourth-order valence-corrected chi connectivity index (χ4v) is 1.92. The lowest BCUT2D eigenvalue weighted by molar-refractivity contribution is 0.367. The SMILES string of the molecule is CC(C)C(CN)Nc1cnn(CCN(C)C)c(=O)c1Cl. The number of rotatable bonds is 7. The Morgan fingerprint density at radius 2 is 2.15 bits per heavy atom. The summed E-state index contributed by atoms with van der Waals surface area (Å²) in [6.07, 6.45) is 1.59. The molecule has 1 aromatic rings. The van der Waals surface area contributed by atoms with Gasteiger partial charge in [0.2, 0.25) is 0 Å². The first-order valence-electron chi connectivity index (χ1n) is 6.73. The van der Waals surface area contributed by atoms with E-state index in [1.54, 1.807) is 6.20 Å². The van der Waals surface area contributed by atoms with Crippen LogP contribution in [0.4, 0.5) is 5.69 Å². The maximum atomic E-state index is 12.1. The fourth-order valence-electron chi connectivity index (χ4n) is 1.72. The second kappa shape index (κ2) is 7.61. The van der Waals surface area contributed by atoms with Gasteiger partial charge in [0, 0.05) is 19.1 Å². The fraction of sp³-hybridized carbons (Fsp3) is 0.692. The van der Waals surface area contributed by atoms with Gasteiger partial charge in [-0.25, -0.2) is 4.68 Å². The lowest BCUT2D eigenvalue weighted by Crippen LogP contribution is -2.35. The van der Waals surface area contributed by atoms with E-state index in [-0.39, 0.29) is 16.6 Å². The van der Waals surface area contributed by atoms with Crippen LogP contribution in [-0.4, -0.2) is 47.9 Å². The monoisotopic (exact) mass is 301 g/mol. The molecule has 1 unspecified atom stereocenters. The number of nitrogens with one attached hydrogen (secondary N) is 1. The van der Waals surface area contributed by atoms with Crippen molar-refractivity contribution in [3.8, 4) is 0 Å². The maximum Gasteiger partial charge on any atom is 0.287 e. The Morgan fingerprint density at radius 3 is 2.65 bits per heavy atom. The van der Waals surface area contributed by atoms with Gasteiger partial charge in [0.05, 0.1) is 18.4 Å². The van der Waals surface area contributed by atoms with Crippen molar-refractivity contribution in [1.82, 2.24) is 14.7 Å². The topological polar surface area (TPSA) is 76.2 Å². The molecule has 0 aliphatic carbocycles. The van der Waals surface area contributed by atoms with E-state index in [0.29, 0.717) is 24.7 Å². The van der Waals surface area contributed by atoms with Gasteiger partial charge in [-0.3, -0.25) is 4.79 Å². The van der Waals surface area contributed by atoms with Crippen molar-refractivity contribution in [1.29, 1.82) is 0 Å². The van der Waals surface area contributed by atoms with E-state index in [4.69, 9.17) is 17.3 Å². The minimum absolute atomic E-state index is 0.0614. The third-order valence-electron chi connectivity index (χ3n) is 3.14. The van der Waals surface area contributed by atoms with E-state index in [1.807, 2.05) is 19.0 Å². The Balaban J connectivity index is 2.91. The summed E-state index contributed by atoms with van der Waals surface area (Å²) < 4.78 is 1.38. The van der Waals surface area contributed by atoms with Crippen LogP contribution in [0.25, 0.3) is 0 Å². The predicted molar refractivity (Wildman–Crippen MR) is 83.4 cm³/mol. The molecule has 0 fully saturated rings. The van der Waals surface area contributed by atoms with Crippen molar-refractivity contribution in [2.45, 2.75) is 26.4 Å². The van der Waals surface area contributed by atoms with Crippen LogP contribution in [0.2, 0.25) is 5.02 Å². The number of halogens is 1. The van der Waals surface area contributed by atoms with Crippen molar-refractivity contribution in [3.63, 3.8) is 0 Å². The van der Waals surface area contributed by atoms with Gasteiger partial charge in [0.25, 0.3) is 5.56 Å². The summed E-state index contributed by atoms with van der Waals surface area (Å²) in [5, 5.41) is 7.50. The molecule has 1 heterocycles. The minimum atomic E-state index is -0.280. The largest absolute Gasteiger partial charge is 0.378 e. The highest BCUT2D eigenvalue weighted by Gasteiger charge is 2.15. The maximum absolute atomic E-state index is 12.1. The standard InChI is InChI=1S/C13H24ClN5O/c1-9(2)10(7-15)17-11-8-16-19(6-5-18(3)4)13(20)12(11)14/h8-10,17H,5-7,15H2,1-4H3. The smallest absolute Gasteiger partial charge is 0.287 e. The summed E-state index contributed by atoms with van der Waals surface area (Å²) in [5.74, 6) is 0.340. The Bertz CT molecular complexity index is 486. The average molecular weight is 302 g/mol. The number of nitrogens with two attached hydrogens (primary N) is 1.